The maximum Gasteiger partial charge on any atom is 0.436 e. The van der Waals surface area contributed by atoms with Crippen molar-refractivity contribution in [2.45, 2.75) is 24.2 Å². The average Bonchev–Trinajstić information content (AvgIpc) is 2.56. The standard InChI is InChI=1S/C11H10F3NO2/c12-11(13,14)10(17)6-8(9(16)15-10)7-4-2-1-3-5-7/h1-5,8,17H,6H2,(H,15,16)/t8-,10-/m1/s1. The fraction of sp³-hybridized carbons (Fsp3) is 0.364. The van der Waals surface area contributed by atoms with Gasteiger partial charge in [-0.05, 0) is 5.56 Å². The lowest BCUT2D eigenvalue weighted by Gasteiger charge is -2.25. The summed E-state index contributed by atoms with van der Waals surface area (Å²) in [6.45, 7) is 0. The number of carbonyl (C=O) groups is 1. The zero-order valence-electron chi connectivity index (χ0n) is 8.66. The topological polar surface area (TPSA) is 49.3 Å². The molecule has 6 heteroatoms. The molecule has 0 unspecified atom stereocenters. The Morgan fingerprint density at radius 2 is 1.88 bits per heavy atom. The van der Waals surface area contributed by atoms with Crippen LogP contribution in [0.2, 0.25) is 0 Å². The van der Waals surface area contributed by atoms with E-state index in [0.717, 1.165) is 0 Å². The molecule has 3 nitrogen and oxygen atoms in total. The van der Waals surface area contributed by atoms with Gasteiger partial charge < -0.3 is 10.4 Å². The molecule has 1 aromatic rings. The Balaban J connectivity index is 2.28. The van der Waals surface area contributed by atoms with Crippen molar-refractivity contribution in [3.63, 3.8) is 0 Å². The van der Waals surface area contributed by atoms with Gasteiger partial charge in [0.2, 0.25) is 11.6 Å². The predicted octanol–water partition coefficient (Wildman–Crippen LogP) is 1.54. The summed E-state index contributed by atoms with van der Waals surface area (Å²) in [4.78, 5) is 11.5. The second kappa shape index (κ2) is 3.73. The number of alkyl halides is 3. The highest BCUT2D eigenvalue weighted by Crippen LogP contribution is 2.41. The van der Waals surface area contributed by atoms with E-state index in [0.29, 0.717) is 5.56 Å². The molecule has 0 bridgehead atoms. The summed E-state index contributed by atoms with van der Waals surface area (Å²) in [6.07, 6.45) is -5.56. The SMILES string of the molecule is O=C1N[C@](O)(C(F)(F)F)C[C@@H]1c1ccccc1. The molecule has 1 fully saturated rings. The first-order valence-electron chi connectivity index (χ1n) is 4.99. The molecule has 1 aliphatic heterocycles. The van der Waals surface area contributed by atoms with E-state index in [4.69, 9.17) is 0 Å². The molecule has 1 saturated heterocycles. The Hall–Kier alpha value is -1.56. The highest BCUT2D eigenvalue weighted by molar-refractivity contribution is 5.86. The van der Waals surface area contributed by atoms with Gasteiger partial charge in [0, 0.05) is 6.42 Å². The Kier molecular flexibility index (Phi) is 2.61. The van der Waals surface area contributed by atoms with Crippen LogP contribution in [0.5, 0.6) is 0 Å². The number of benzene rings is 1. The number of hydrogen-bond acceptors (Lipinski definition) is 2. The first kappa shape index (κ1) is 11.9. The lowest BCUT2D eigenvalue weighted by atomic mass is 9.94. The van der Waals surface area contributed by atoms with Crippen molar-refractivity contribution < 1.29 is 23.1 Å². The summed E-state index contributed by atoms with van der Waals surface area (Å²) in [6, 6.07) is 8.09. The third kappa shape index (κ3) is 2.00. The number of carbonyl (C=O) groups excluding carboxylic acids is 1. The van der Waals surface area contributed by atoms with Crippen molar-refractivity contribution in [1.29, 1.82) is 0 Å². The number of halogens is 3. The van der Waals surface area contributed by atoms with Gasteiger partial charge in [0.25, 0.3) is 0 Å². The molecule has 0 aliphatic carbocycles. The Bertz CT molecular complexity index is 432. The number of rotatable bonds is 1. The van der Waals surface area contributed by atoms with E-state index in [1.165, 1.54) is 0 Å². The minimum Gasteiger partial charge on any atom is -0.363 e. The minimum atomic E-state index is -4.87. The molecule has 2 N–H and O–H groups in total. The summed E-state index contributed by atoms with van der Waals surface area (Å²) >= 11 is 0. The Morgan fingerprint density at radius 3 is 2.35 bits per heavy atom. The lowest BCUT2D eigenvalue weighted by molar-refractivity contribution is -0.266. The normalized spacial score (nSPS) is 29.2. The molecule has 1 aliphatic rings. The fourth-order valence-electron chi connectivity index (χ4n) is 1.87. The molecule has 92 valence electrons. The highest BCUT2D eigenvalue weighted by Gasteiger charge is 2.60. The van der Waals surface area contributed by atoms with Crippen LogP contribution in [0.4, 0.5) is 13.2 Å². The van der Waals surface area contributed by atoms with Gasteiger partial charge in [0.1, 0.15) is 0 Å². The van der Waals surface area contributed by atoms with Crippen LogP contribution in [-0.2, 0) is 4.79 Å². The molecule has 1 heterocycles. The van der Waals surface area contributed by atoms with E-state index in [1.54, 1.807) is 35.6 Å². The van der Waals surface area contributed by atoms with Crippen molar-refractivity contribution in [3.05, 3.63) is 35.9 Å². The van der Waals surface area contributed by atoms with Crippen LogP contribution in [0.25, 0.3) is 0 Å². The fourth-order valence-corrected chi connectivity index (χ4v) is 1.87. The first-order valence-corrected chi connectivity index (χ1v) is 4.99. The number of amides is 1. The molecular formula is C11H10F3NO2. The highest BCUT2D eigenvalue weighted by atomic mass is 19.4. The maximum absolute atomic E-state index is 12.5. The third-order valence-electron chi connectivity index (χ3n) is 2.82. The Morgan fingerprint density at radius 1 is 1.29 bits per heavy atom. The number of aliphatic hydroxyl groups is 1. The second-order valence-corrected chi connectivity index (χ2v) is 4.01. The van der Waals surface area contributed by atoms with E-state index >= 15 is 0 Å². The van der Waals surface area contributed by atoms with Crippen molar-refractivity contribution in [2.75, 3.05) is 0 Å². The molecule has 0 spiro atoms. The van der Waals surface area contributed by atoms with Crippen molar-refractivity contribution in [1.82, 2.24) is 5.32 Å². The number of hydrogen-bond donors (Lipinski definition) is 2. The Labute approximate surface area is 95.3 Å². The van der Waals surface area contributed by atoms with Gasteiger partial charge >= 0.3 is 6.18 Å². The first-order chi connectivity index (χ1) is 7.83. The molecule has 0 saturated carbocycles. The largest absolute Gasteiger partial charge is 0.436 e. The summed E-state index contributed by atoms with van der Waals surface area (Å²) in [7, 11) is 0. The van der Waals surface area contributed by atoms with Crippen LogP contribution in [-0.4, -0.2) is 22.9 Å². The second-order valence-electron chi connectivity index (χ2n) is 4.01. The molecule has 1 aromatic carbocycles. The maximum atomic E-state index is 12.5. The van der Waals surface area contributed by atoms with Crippen LogP contribution in [0.3, 0.4) is 0 Å². The van der Waals surface area contributed by atoms with Crippen molar-refractivity contribution in [3.8, 4) is 0 Å². The van der Waals surface area contributed by atoms with E-state index in [2.05, 4.69) is 0 Å². The molecule has 2 atom stereocenters. The summed E-state index contributed by atoms with van der Waals surface area (Å²) in [5.41, 5.74) is -2.66. The zero-order valence-corrected chi connectivity index (χ0v) is 8.66. The number of nitrogens with one attached hydrogen (secondary N) is 1. The smallest absolute Gasteiger partial charge is 0.363 e. The van der Waals surface area contributed by atoms with Crippen LogP contribution in [0.15, 0.2) is 30.3 Å². The average molecular weight is 245 g/mol. The van der Waals surface area contributed by atoms with Crippen LogP contribution < -0.4 is 5.32 Å². The zero-order chi connectivity index (χ0) is 12.7. The van der Waals surface area contributed by atoms with E-state index in [1.807, 2.05) is 0 Å². The monoisotopic (exact) mass is 245 g/mol. The van der Waals surface area contributed by atoms with Gasteiger partial charge in [-0.25, -0.2) is 0 Å². The molecule has 17 heavy (non-hydrogen) atoms. The van der Waals surface area contributed by atoms with E-state index < -0.39 is 30.1 Å². The van der Waals surface area contributed by atoms with E-state index in [-0.39, 0.29) is 0 Å². The molecule has 1 amide bonds. The quantitative estimate of drug-likeness (QED) is 0.788. The molecule has 2 rings (SSSR count). The van der Waals surface area contributed by atoms with Gasteiger partial charge in [0.15, 0.2) is 0 Å². The molecule has 0 radical (unpaired) electrons. The predicted molar refractivity (Wildman–Crippen MR) is 52.9 cm³/mol. The van der Waals surface area contributed by atoms with Crippen molar-refractivity contribution >= 4 is 5.91 Å². The molecular weight excluding hydrogens is 235 g/mol. The summed E-state index contributed by atoms with van der Waals surface area (Å²) in [5, 5.41) is 11.0. The van der Waals surface area contributed by atoms with Crippen LogP contribution in [0, 0.1) is 0 Å². The van der Waals surface area contributed by atoms with Gasteiger partial charge in [-0.2, -0.15) is 13.2 Å². The van der Waals surface area contributed by atoms with E-state index in [9.17, 15) is 23.1 Å². The minimum absolute atomic E-state index is 0.463. The van der Waals surface area contributed by atoms with Gasteiger partial charge in [-0.15, -0.1) is 0 Å². The van der Waals surface area contributed by atoms with Gasteiger partial charge in [-0.1, -0.05) is 30.3 Å². The van der Waals surface area contributed by atoms with Crippen molar-refractivity contribution in [2.24, 2.45) is 0 Å². The van der Waals surface area contributed by atoms with Crippen LogP contribution in [0.1, 0.15) is 17.9 Å². The summed E-state index contributed by atoms with van der Waals surface area (Å²) < 4.78 is 37.6. The lowest BCUT2D eigenvalue weighted by Crippen LogP contribution is -2.53. The molecule has 0 aromatic heterocycles. The third-order valence-corrected chi connectivity index (χ3v) is 2.82. The van der Waals surface area contributed by atoms with Gasteiger partial charge in [-0.3, -0.25) is 4.79 Å². The van der Waals surface area contributed by atoms with Gasteiger partial charge in [0.05, 0.1) is 5.92 Å². The summed E-state index contributed by atoms with van der Waals surface area (Å²) in [5.74, 6) is -1.78. The van der Waals surface area contributed by atoms with Crippen LogP contribution >= 0.6 is 0 Å².